The molecule has 0 aromatic carbocycles. The van der Waals surface area contributed by atoms with E-state index in [2.05, 4.69) is 20.4 Å². The summed E-state index contributed by atoms with van der Waals surface area (Å²) in [5, 5.41) is 34.3. The molecule has 7 bridgehead atoms. The van der Waals surface area contributed by atoms with Gasteiger partial charge in [-0.05, 0) is 42.6 Å². The van der Waals surface area contributed by atoms with Gasteiger partial charge < -0.3 is 24.8 Å². The third-order valence-electron chi connectivity index (χ3n) is 9.14. The van der Waals surface area contributed by atoms with Crippen LogP contribution in [0.3, 0.4) is 0 Å². The van der Waals surface area contributed by atoms with Gasteiger partial charge in [-0.15, -0.1) is 0 Å². The van der Waals surface area contributed by atoms with E-state index in [1.807, 2.05) is 0 Å². The van der Waals surface area contributed by atoms with Crippen LogP contribution in [0.5, 0.6) is 0 Å². The number of hydrogen-bond acceptors (Lipinski definition) is 6. The molecule has 26 heavy (non-hydrogen) atoms. The Kier molecular flexibility index (Phi) is 2.57. The lowest BCUT2D eigenvalue weighted by Crippen LogP contribution is -2.91. The Morgan fingerprint density at radius 2 is 1.92 bits per heavy atom. The second-order valence-electron chi connectivity index (χ2n) is 10.1. The van der Waals surface area contributed by atoms with Gasteiger partial charge in [0, 0.05) is 11.8 Å². The molecule has 0 aromatic heterocycles. The fourth-order valence-corrected chi connectivity index (χ4v) is 8.38. The molecule has 4 heterocycles. The molecule has 6 heteroatoms. The van der Waals surface area contributed by atoms with Crippen LogP contribution >= 0.6 is 0 Å². The lowest BCUT2D eigenvalue weighted by molar-refractivity contribution is -0.556. The van der Waals surface area contributed by atoms with Crippen LogP contribution in [-0.2, 0) is 14.3 Å². The lowest BCUT2D eigenvalue weighted by atomic mass is 9.34. The van der Waals surface area contributed by atoms with Crippen molar-refractivity contribution < 1.29 is 29.6 Å². The van der Waals surface area contributed by atoms with Crippen molar-refractivity contribution in [1.82, 2.24) is 0 Å². The van der Waals surface area contributed by atoms with E-state index in [0.717, 1.165) is 12.8 Å². The maximum absolute atomic E-state index is 13.4. The van der Waals surface area contributed by atoms with Crippen molar-refractivity contribution in [1.29, 1.82) is 0 Å². The van der Waals surface area contributed by atoms with Gasteiger partial charge >= 0.3 is 0 Å². The minimum atomic E-state index is -1.97. The van der Waals surface area contributed by atoms with E-state index in [-0.39, 0.29) is 23.0 Å². The predicted octanol–water partition coefficient (Wildman–Crippen LogP) is 0.740. The molecule has 2 spiro atoms. The van der Waals surface area contributed by atoms with E-state index in [1.54, 1.807) is 0 Å². The SMILES string of the molecule is C=C1C(=O)C23[C@@H]4O[C@@H]5O[C@@]2(O)[C@@H](O)[C@@H]2C(C)(C)CCC(O)C52[C@@H]3CCC14. The maximum atomic E-state index is 13.4. The highest BCUT2D eigenvalue weighted by atomic mass is 16.8. The van der Waals surface area contributed by atoms with E-state index >= 15 is 0 Å². The molecule has 3 N–H and O–H groups in total. The quantitative estimate of drug-likeness (QED) is 0.550. The predicted molar refractivity (Wildman–Crippen MR) is 88.4 cm³/mol. The monoisotopic (exact) mass is 362 g/mol. The van der Waals surface area contributed by atoms with Crippen molar-refractivity contribution in [3.63, 3.8) is 0 Å². The molecule has 142 valence electrons. The number of hydrogen-bond donors (Lipinski definition) is 3. The van der Waals surface area contributed by atoms with E-state index in [0.29, 0.717) is 18.4 Å². The number of rotatable bonds is 0. The summed E-state index contributed by atoms with van der Waals surface area (Å²) in [6.45, 7) is 8.14. The van der Waals surface area contributed by atoms with E-state index in [4.69, 9.17) is 9.47 Å². The summed E-state index contributed by atoms with van der Waals surface area (Å²) in [6, 6.07) is 0. The fourth-order valence-electron chi connectivity index (χ4n) is 8.38. The van der Waals surface area contributed by atoms with Crippen LogP contribution in [0.25, 0.3) is 0 Å². The van der Waals surface area contributed by atoms with Crippen LogP contribution in [0.15, 0.2) is 12.2 Å². The van der Waals surface area contributed by atoms with Gasteiger partial charge in [0.15, 0.2) is 12.1 Å². The van der Waals surface area contributed by atoms with Gasteiger partial charge in [0.05, 0.1) is 17.6 Å². The van der Waals surface area contributed by atoms with Crippen molar-refractivity contribution in [3.05, 3.63) is 12.2 Å². The molecule has 4 saturated heterocycles. The standard InChI is InChI=1S/C20H26O6/c1-8-9-4-5-10-18-11(21)6-7-17(2,3)12(18)14(23)20(24)19(10,13(8)22)15(9)25-16(18)26-20/h9-12,14-16,21,23-24H,1,4-7H2,2-3H3/t9?,10-,11?,12+,14-,15+,16+,18?,19?,20-/m0/s1. The minimum absolute atomic E-state index is 0.133. The molecule has 8 fully saturated rings. The molecule has 4 saturated carbocycles. The molecule has 10 atom stereocenters. The second kappa shape index (κ2) is 4.13. The maximum Gasteiger partial charge on any atom is 0.211 e. The average molecular weight is 362 g/mol. The highest BCUT2D eigenvalue weighted by Gasteiger charge is 2.92. The summed E-state index contributed by atoms with van der Waals surface area (Å²) in [7, 11) is 0. The van der Waals surface area contributed by atoms with Crippen LogP contribution in [-0.4, -0.2) is 51.5 Å². The highest BCUT2D eigenvalue weighted by Crippen LogP contribution is 2.81. The van der Waals surface area contributed by atoms with Gasteiger partial charge in [-0.1, -0.05) is 20.4 Å². The van der Waals surface area contributed by atoms with Crippen LogP contribution in [0, 0.1) is 34.0 Å². The number of Topliss-reactive ketones (excluding diaryl/α,β-unsaturated/α-hetero) is 1. The molecule has 0 aromatic rings. The molecule has 4 aliphatic heterocycles. The Morgan fingerprint density at radius 3 is 2.65 bits per heavy atom. The van der Waals surface area contributed by atoms with E-state index in [1.165, 1.54) is 0 Å². The zero-order chi connectivity index (χ0) is 18.4. The van der Waals surface area contributed by atoms with Gasteiger partial charge in [0.1, 0.15) is 11.5 Å². The van der Waals surface area contributed by atoms with Gasteiger partial charge in [-0.3, -0.25) is 4.79 Å². The summed E-state index contributed by atoms with van der Waals surface area (Å²) >= 11 is 0. The zero-order valence-corrected chi connectivity index (χ0v) is 15.1. The Hall–Kier alpha value is -0.790. The molecular weight excluding hydrogens is 336 g/mol. The first kappa shape index (κ1) is 16.2. The number of aliphatic hydroxyl groups excluding tert-OH is 2. The van der Waals surface area contributed by atoms with Crippen molar-refractivity contribution in [2.75, 3.05) is 0 Å². The number of aliphatic hydroxyl groups is 3. The van der Waals surface area contributed by atoms with Crippen LogP contribution in [0.1, 0.15) is 39.5 Å². The van der Waals surface area contributed by atoms with Crippen LogP contribution in [0.4, 0.5) is 0 Å². The van der Waals surface area contributed by atoms with Gasteiger partial charge in [0.25, 0.3) is 0 Å². The first-order valence-electron chi connectivity index (χ1n) is 9.80. The summed E-state index contributed by atoms with van der Waals surface area (Å²) in [6.07, 6.45) is -0.473. The van der Waals surface area contributed by atoms with E-state index < -0.39 is 47.1 Å². The Balaban J connectivity index is 1.70. The van der Waals surface area contributed by atoms with E-state index in [9.17, 15) is 20.1 Å². The molecule has 6 nitrogen and oxygen atoms in total. The molecule has 4 aliphatic carbocycles. The van der Waals surface area contributed by atoms with Crippen LogP contribution < -0.4 is 0 Å². The second-order valence-corrected chi connectivity index (χ2v) is 10.1. The molecule has 0 radical (unpaired) electrons. The van der Waals surface area contributed by atoms with Gasteiger partial charge in [0.2, 0.25) is 5.79 Å². The highest BCUT2D eigenvalue weighted by molar-refractivity contribution is 6.05. The molecule has 0 amide bonds. The Morgan fingerprint density at radius 1 is 1.19 bits per heavy atom. The molecule has 8 aliphatic rings. The summed E-state index contributed by atoms with van der Waals surface area (Å²) in [5.74, 6) is -2.99. The topological polar surface area (TPSA) is 96.2 Å². The third-order valence-corrected chi connectivity index (χ3v) is 9.14. The Bertz CT molecular complexity index is 761. The van der Waals surface area contributed by atoms with Crippen molar-refractivity contribution >= 4 is 5.78 Å². The number of carbonyl (C=O) groups excluding carboxylic acids is 1. The molecule has 4 unspecified atom stereocenters. The minimum Gasteiger partial charge on any atom is -0.392 e. The van der Waals surface area contributed by atoms with Crippen molar-refractivity contribution in [2.24, 2.45) is 34.0 Å². The molecule has 8 rings (SSSR count). The average Bonchev–Trinajstić information content (AvgIpc) is 2.71. The largest absolute Gasteiger partial charge is 0.392 e. The third kappa shape index (κ3) is 1.19. The first-order valence-corrected chi connectivity index (χ1v) is 9.80. The summed E-state index contributed by atoms with van der Waals surface area (Å²) in [4.78, 5) is 13.4. The van der Waals surface area contributed by atoms with Crippen molar-refractivity contribution in [2.45, 2.75) is 69.9 Å². The zero-order valence-electron chi connectivity index (χ0n) is 15.1. The summed E-state index contributed by atoms with van der Waals surface area (Å²) < 4.78 is 12.3. The normalized spacial score (nSPS) is 64.0. The summed E-state index contributed by atoms with van der Waals surface area (Å²) in [5.41, 5.74) is -2.03. The number of carbonyl (C=O) groups is 1. The van der Waals surface area contributed by atoms with Gasteiger partial charge in [-0.2, -0.15) is 0 Å². The molecular formula is C20H26O6. The lowest BCUT2D eigenvalue weighted by Gasteiger charge is -2.79. The fraction of sp³-hybridized carbons (Fsp3) is 0.850. The number of ether oxygens (including phenoxy) is 2. The van der Waals surface area contributed by atoms with Crippen LogP contribution in [0.2, 0.25) is 0 Å². The van der Waals surface area contributed by atoms with Gasteiger partial charge in [-0.25, -0.2) is 0 Å². The number of ketones is 1. The van der Waals surface area contributed by atoms with Crippen molar-refractivity contribution in [3.8, 4) is 0 Å². The first-order chi connectivity index (χ1) is 12.1. The Labute approximate surface area is 152 Å². The smallest absolute Gasteiger partial charge is 0.211 e.